The van der Waals surface area contributed by atoms with E-state index in [0.29, 0.717) is 12.2 Å². The van der Waals surface area contributed by atoms with Crippen molar-refractivity contribution in [2.24, 2.45) is 0 Å². The number of aryl methyl sites for hydroxylation is 1. The van der Waals surface area contributed by atoms with Crippen molar-refractivity contribution in [2.45, 2.75) is 20.5 Å². The molecule has 0 unspecified atom stereocenters. The van der Waals surface area contributed by atoms with Gasteiger partial charge in [0.25, 0.3) is 0 Å². The second kappa shape index (κ2) is 7.09. The van der Waals surface area contributed by atoms with E-state index in [1.54, 1.807) is 19.2 Å². The molecule has 0 fully saturated rings. The molecule has 0 amide bonds. The molecule has 3 aromatic rings. The molecule has 0 bridgehead atoms. The van der Waals surface area contributed by atoms with Crippen molar-refractivity contribution in [1.29, 1.82) is 0 Å². The molecule has 0 atom stereocenters. The van der Waals surface area contributed by atoms with Crippen LogP contribution in [0.15, 0.2) is 66.9 Å². The van der Waals surface area contributed by atoms with Crippen LogP contribution < -0.4 is 4.74 Å². The number of benzene rings is 2. The SMILES string of the molecule is CC(=O)c1ccc(OCc2ccccn2)c(-c2ccccc2C)c1. The Kier molecular flexibility index (Phi) is 4.71. The second-order valence-electron chi connectivity index (χ2n) is 5.69. The van der Waals surface area contributed by atoms with Crippen molar-refractivity contribution in [3.63, 3.8) is 0 Å². The van der Waals surface area contributed by atoms with Crippen LogP contribution in [0.1, 0.15) is 28.5 Å². The zero-order valence-electron chi connectivity index (χ0n) is 13.8. The Morgan fingerprint density at radius 3 is 2.50 bits per heavy atom. The van der Waals surface area contributed by atoms with Gasteiger partial charge in [-0.15, -0.1) is 0 Å². The monoisotopic (exact) mass is 317 g/mol. The van der Waals surface area contributed by atoms with Crippen molar-refractivity contribution in [2.75, 3.05) is 0 Å². The van der Waals surface area contributed by atoms with Gasteiger partial charge in [0.1, 0.15) is 12.4 Å². The average Bonchev–Trinajstić information content (AvgIpc) is 2.61. The third kappa shape index (κ3) is 3.51. The molecule has 0 radical (unpaired) electrons. The van der Waals surface area contributed by atoms with E-state index in [9.17, 15) is 4.79 Å². The maximum atomic E-state index is 11.8. The Bertz CT molecular complexity index is 857. The minimum atomic E-state index is 0.0427. The summed E-state index contributed by atoms with van der Waals surface area (Å²) >= 11 is 0. The van der Waals surface area contributed by atoms with Gasteiger partial charge in [-0.1, -0.05) is 30.3 Å². The normalized spacial score (nSPS) is 10.4. The van der Waals surface area contributed by atoms with Gasteiger partial charge in [-0.3, -0.25) is 9.78 Å². The molecule has 0 aliphatic rings. The van der Waals surface area contributed by atoms with Crippen LogP contribution >= 0.6 is 0 Å². The lowest BCUT2D eigenvalue weighted by molar-refractivity contribution is 0.101. The fourth-order valence-electron chi connectivity index (χ4n) is 2.60. The summed E-state index contributed by atoms with van der Waals surface area (Å²) in [7, 11) is 0. The number of pyridine rings is 1. The van der Waals surface area contributed by atoms with Gasteiger partial charge in [0.05, 0.1) is 5.69 Å². The van der Waals surface area contributed by atoms with Crippen molar-refractivity contribution in [3.8, 4) is 16.9 Å². The number of carbonyl (C=O) groups is 1. The number of hydrogen-bond donors (Lipinski definition) is 0. The average molecular weight is 317 g/mol. The number of ketones is 1. The number of ether oxygens (including phenoxy) is 1. The van der Waals surface area contributed by atoms with Gasteiger partial charge >= 0.3 is 0 Å². The van der Waals surface area contributed by atoms with E-state index in [0.717, 1.165) is 28.1 Å². The number of rotatable bonds is 5. The second-order valence-corrected chi connectivity index (χ2v) is 5.69. The van der Waals surface area contributed by atoms with E-state index in [4.69, 9.17) is 4.74 Å². The summed E-state index contributed by atoms with van der Waals surface area (Å²) in [4.78, 5) is 16.0. The summed E-state index contributed by atoms with van der Waals surface area (Å²) in [5, 5.41) is 0. The molecule has 0 spiro atoms. The van der Waals surface area contributed by atoms with Crippen LogP contribution in [0.2, 0.25) is 0 Å². The first-order valence-corrected chi connectivity index (χ1v) is 7.89. The third-order valence-electron chi connectivity index (χ3n) is 3.92. The maximum Gasteiger partial charge on any atom is 0.159 e. The van der Waals surface area contributed by atoms with Gasteiger partial charge in [-0.25, -0.2) is 0 Å². The molecule has 1 aromatic heterocycles. The molecule has 3 rings (SSSR count). The molecule has 3 nitrogen and oxygen atoms in total. The lowest BCUT2D eigenvalue weighted by Gasteiger charge is -2.14. The van der Waals surface area contributed by atoms with Gasteiger partial charge < -0.3 is 4.74 Å². The molecule has 2 aromatic carbocycles. The first kappa shape index (κ1) is 15.9. The van der Waals surface area contributed by atoms with Crippen LogP contribution in [0, 0.1) is 6.92 Å². The summed E-state index contributed by atoms with van der Waals surface area (Å²) in [5.41, 5.74) is 4.68. The summed E-state index contributed by atoms with van der Waals surface area (Å²) < 4.78 is 5.99. The molecule has 0 saturated carbocycles. The predicted molar refractivity (Wildman–Crippen MR) is 95.2 cm³/mol. The van der Waals surface area contributed by atoms with Crippen LogP contribution in [0.25, 0.3) is 11.1 Å². The van der Waals surface area contributed by atoms with E-state index >= 15 is 0 Å². The molecule has 0 N–H and O–H groups in total. The molecule has 0 saturated heterocycles. The first-order valence-electron chi connectivity index (χ1n) is 7.89. The fourth-order valence-corrected chi connectivity index (χ4v) is 2.60. The summed E-state index contributed by atoms with van der Waals surface area (Å²) in [6, 6.07) is 19.4. The highest BCUT2D eigenvalue weighted by molar-refractivity contribution is 5.96. The lowest BCUT2D eigenvalue weighted by atomic mass is 9.97. The molecule has 0 aliphatic heterocycles. The summed E-state index contributed by atoms with van der Waals surface area (Å²) in [6.45, 7) is 4.02. The van der Waals surface area contributed by atoms with Gasteiger partial charge in [0.2, 0.25) is 0 Å². The number of carbonyl (C=O) groups excluding carboxylic acids is 1. The minimum Gasteiger partial charge on any atom is -0.487 e. The lowest BCUT2D eigenvalue weighted by Crippen LogP contribution is -2.01. The van der Waals surface area contributed by atoms with E-state index < -0.39 is 0 Å². The smallest absolute Gasteiger partial charge is 0.159 e. The van der Waals surface area contributed by atoms with Crippen LogP contribution in [0.5, 0.6) is 5.75 Å². The van der Waals surface area contributed by atoms with Crippen molar-refractivity contribution < 1.29 is 9.53 Å². The molecule has 0 aliphatic carbocycles. The molecule has 120 valence electrons. The minimum absolute atomic E-state index is 0.0427. The Morgan fingerprint density at radius 1 is 1.00 bits per heavy atom. The molecule has 1 heterocycles. The number of hydrogen-bond acceptors (Lipinski definition) is 3. The Balaban J connectivity index is 1.99. The topological polar surface area (TPSA) is 39.2 Å². The van der Waals surface area contributed by atoms with Crippen LogP contribution in [-0.4, -0.2) is 10.8 Å². The molecular weight excluding hydrogens is 298 g/mol. The van der Waals surface area contributed by atoms with Crippen molar-refractivity contribution >= 4 is 5.78 Å². The predicted octanol–water partition coefficient (Wildman–Crippen LogP) is 4.84. The zero-order chi connectivity index (χ0) is 16.9. The van der Waals surface area contributed by atoms with E-state index in [2.05, 4.69) is 18.0 Å². The van der Waals surface area contributed by atoms with Gasteiger partial charge in [-0.05, 0) is 55.3 Å². The first-order chi connectivity index (χ1) is 11.6. The van der Waals surface area contributed by atoms with Crippen LogP contribution in [0.3, 0.4) is 0 Å². The fraction of sp³-hybridized carbons (Fsp3) is 0.143. The van der Waals surface area contributed by atoms with Gasteiger partial charge in [0.15, 0.2) is 5.78 Å². The van der Waals surface area contributed by atoms with Gasteiger partial charge in [-0.2, -0.15) is 0 Å². The maximum absolute atomic E-state index is 11.8. The van der Waals surface area contributed by atoms with E-state index in [1.165, 1.54) is 0 Å². The molecule has 3 heteroatoms. The summed E-state index contributed by atoms with van der Waals surface area (Å²) in [6.07, 6.45) is 1.75. The van der Waals surface area contributed by atoms with Gasteiger partial charge in [0, 0.05) is 17.3 Å². The zero-order valence-corrected chi connectivity index (χ0v) is 13.8. The standard InChI is InChI=1S/C21H19NO2/c1-15-7-3-4-9-19(15)20-13-17(16(2)23)10-11-21(20)24-14-18-8-5-6-12-22-18/h3-13H,14H2,1-2H3. The largest absolute Gasteiger partial charge is 0.487 e. The highest BCUT2D eigenvalue weighted by Crippen LogP contribution is 2.33. The highest BCUT2D eigenvalue weighted by atomic mass is 16.5. The summed E-state index contributed by atoms with van der Waals surface area (Å²) in [5.74, 6) is 0.793. The number of aromatic nitrogens is 1. The number of Topliss-reactive ketones (excluding diaryl/α,β-unsaturated/α-hetero) is 1. The van der Waals surface area contributed by atoms with E-state index in [1.807, 2.05) is 48.5 Å². The van der Waals surface area contributed by atoms with E-state index in [-0.39, 0.29) is 5.78 Å². The van der Waals surface area contributed by atoms with Crippen LogP contribution in [-0.2, 0) is 6.61 Å². The quantitative estimate of drug-likeness (QED) is 0.632. The Morgan fingerprint density at radius 2 is 1.79 bits per heavy atom. The number of nitrogens with zero attached hydrogens (tertiary/aromatic N) is 1. The van der Waals surface area contributed by atoms with Crippen LogP contribution in [0.4, 0.5) is 0 Å². The molecular formula is C21H19NO2. The Hall–Kier alpha value is -2.94. The van der Waals surface area contributed by atoms with Crippen molar-refractivity contribution in [1.82, 2.24) is 4.98 Å². The molecule has 24 heavy (non-hydrogen) atoms. The van der Waals surface area contributed by atoms with Crippen molar-refractivity contribution in [3.05, 3.63) is 83.7 Å². The Labute approximate surface area is 142 Å². The highest BCUT2D eigenvalue weighted by Gasteiger charge is 2.12. The third-order valence-corrected chi connectivity index (χ3v) is 3.92.